The first-order valence-electron chi connectivity index (χ1n) is 11.5. The van der Waals surface area contributed by atoms with E-state index in [1.165, 1.54) is 103 Å². The zero-order valence-corrected chi connectivity index (χ0v) is 17.6. The molecule has 0 amide bonds. The highest BCUT2D eigenvalue weighted by atomic mass is 16.6. The average Bonchev–Trinajstić information content (AvgIpc) is 3.40. The largest absolute Gasteiger partial charge is 0.469 e. The minimum Gasteiger partial charge on any atom is -0.469 e. The molecule has 0 aromatic heterocycles. The van der Waals surface area contributed by atoms with E-state index in [1.54, 1.807) is 0 Å². The molecule has 0 unspecified atom stereocenters. The van der Waals surface area contributed by atoms with Gasteiger partial charge in [0, 0.05) is 6.42 Å². The summed E-state index contributed by atoms with van der Waals surface area (Å²) in [5.74, 6) is -0.0705. The molecule has 1 fully saturated rings. The van der Waals surface area contributed by atoms with Gasteiger partial charge < -0.3 is 9.47 Å². The Kier molecular flexibility index (Phi) is 15.0. The van der Waals surface area contributed by atoms with Crippen LogP contribution in [0.4, 0.5) is 0 Å². The summed E-state index contributed by atoms with van der Waals surface area (Å²) >= 11 is 0. The summed E-state index contributed by atoms with van der Waals surface area (Å²) < 4.78 is 10.5. The van der Waals surface area contributed by atoms with E-state index < -0.39 is 0 Å². The molecule has 1 saturated heterocycles. The van der Waals surface area contributed by atoms with E-state index in [-0.39, 0.29) is 5.97 Å². The van der Waals surface area contributed by atoms with Gasteiger partial charge in [-0.3, -0.25) is 4.79 Å². The second-order valence-corrected chi connectivity index (χ2v) is 8.07. The Morgan fingerprint density at radius 2 is 1.12 bits per heavy atom. The first-order chi connectivity index (χ1) is 12.8. The van der Waals surface area contributed by atoms with Gasteiger partial charge in [-0.25, -0.2) is 0 Å². The van der Waals surface area contributed by atoms with E-state index in [2.05, 4.69) is 11.7 Å². The topological polar surface area (TPSA) is 38.8 Å². The molecule has 26 heavy (non-hydrogen) atoms. The van der Waals surface area contributed by atoms with Crippen LogP contribution >= 0.6 is 0 Å². The standard InChI is InChI=1S/C23H44O3/c1-3-4-5-6-12-15-18-21-22(26-21)19-16-13-10-8-7-9-11-14-17-20-23(24)25-2/h21-22H,3-20H2,1-2H3/t21-,22-/m0/s1. The van der Waals surface area contributed by atoms with Crippen molar-refractivity contribution in [3.63, 3.8) is 0 Å². The first-order valence-corrected chi connectivity index (χ1v) is 11.5. The zero-order chi connectivity index (χ0) is 18.9. The molecule has 154 valence electrons. The fourth-order valence-electron chi connectivity index (χ4n) is 3.77. The Bertz CT molecular complexity index is 329. The summed E-state index contributed by atoms with van der Waals surface area (Å²) in [4.78, 5) is 11.0. The van der Waals surface area contributed by atoms with E-state index >= 15 is 0 Å². The zero-order valence-electron chi connectivity index (χ0n) is 17.6. The van der Waals surface area contributed by atoms with E-state index in [1.807, 2.05) is 0 Å². The van der Waals surface area contributed by atoms with Gasteiger partial charge in [-0.2, -0.15) is 0 Å². The molecule has 0 aromatic rings. The van der Waals surface area contributed by atoms with Crippen LogP contribution in [0.15, 0.2) is 0 Å². The van der Waals surface area contributed by atoms with E-state index in [4.69, 9.17) is 4.74 Å². The maximum absolute atomic E-state index is 11.0. The number of carbonyl (C=O) groups is 1. The number of methoxy groups -OCH3 is 1. The normalized spacial score (nSPS) is 18.8. The quantitative estimate of drug-likeness (QED) is 0.140. The van der Waals surface area contributed by atoms with E-state index in [9.17, 15) is 4.79 Å². The smallest absolute Gasteiger partial charge is 0.305 e. The molecule has 2 atom stereocenters. The van der Waals surface area contributed by atoms with E-state index in [0.717, 1.165) is 12.8 Å². The molecule has 1 aliphatic heterocycles. The molecular weight excluding hydrogens is 324 g/mol. The first kappa shape index (κ1) is 23.5. The van der Waals surface area contributed by atoms with Crippen LogP contribution in [-0.4, -0.2) is 25.3 Å². The molecule has 0 N–H and O–H groups in total. The Labute approximate surface area is 162 Å². The highest BCUT2D eigenvalue weighted by molar-refractivity contribution is 5.68. The average molecular weight is 369 g/mol. The van der Waals surface area contributed by atoms with Crippen LogP contribution < -0.4 is 0 Å². The van der Waals surface area contributed by atoms with E-state index in [0.29, 0.717) is 18.6 Å². The lowest BCUT2D eigenvalue weighted by Gasteiger charge is -2.02. The highest BCUT2D eigenvalue weighted by Crippen LogP contribution is 2.31. The van der Waals surface area contributed by atoms with Crippen molar-refractivity contribution in [3.8, 4) is 0 Å². The predicted molar refractivity (Wildman–Crippen MR) is 109 cm³/mol. The summed E-state index contributed by atoms with van der Waals surface area (Å²) in [6, 6.07) is 0. The third-order valence-corrected chi connectivity index (χ3v) is 5.63. The van der Waals surface area contributed by atoms with Crippen molar-refractivity contribution in [2.45, 2.75) is 135 Å². The molecule has 0 saturated carbocycles. The summed E-state index contributed by atoms with van der Waals surface area (Å²) in [6.07, 6.45) is 24.2. The maximum atomic E-state index is 11.0. The van der Waals surface area contributed by atoms with Crippen LogP contribution in [0.25, 0.3) is 0 Å². The molecule has 0 radical (unpaired) electrons. The van der Waals surface area contributed by atoms with Gasteiger partial charge >= 0.3 is 5.97 Å². The predicted octanol–water partition coefficient (Wildman–Crippen LogP) is 6.97. The molecule has 3 heteroatoms. The van der Waals surface area contributed by atoms with Crippen molar-refractivity contribution in [2.75, 3.05) is 7.11 Å². The summed E-state index contributed by atoms with van der Waals surface area (Å²) in [5.41, 5.74) is 0. The summed E-state index contributed by atoms with van der Waals surface area (Å²) in [7, 11) is 1.47. The van der Waals surface area contributed by atoms with Gasteiger partial charge in [-0.15, -0.1) is 0 Å². The minimum atomic E-state index is -0.0705. The van der Waals surface area contributed by atoms with Crippen LogP contribution in [-0.2, 0) is 14.3 Å². The minimum absolute atomic E-state index is 0.0705. The molecule has 3 nitrogen and oxygen atoms in total. The SMILES string of the molecule is CCCCCCCC[C@@H]1O[C@H]1CCCCCCCCCCCC(=O)OC. The van der Waals surface area contributed by atoms with Gasteiger partial charge in [0.25, 0.3) is 0 Å². The number of ether oxygens (including phenoxy) is 2. The molecule has 0 aliphatic carbocycles. The second-order valence-electron chi connectivity index (χ2n) is 8.07. The van der Waals surface area contributed by atoms with Gasteiger partial charge in [0.1, 0.15) is 0 Å². The van der Waals surface area contributed by atoms with Crippen molar-refractivity contribution >= 4 is 5.97 Å². The van der Waals surface area contributed by atoms with Gasteiger partial charge in [-0.1, -0.05) is 96.8 Å². The summed E-state index contributed by atoms with van der Waals surface area (Å²) in [5, 5.41) is 0. The number of unbranched alkanes of at least 4 members (excludes halogenated alkanes) is 13. The van der Waals surface area contributed by atoms with Crippen molar-refractivity contribution in [1.82, 2.24) is 0 Å². The maximum Gasteiger partial charge on any atom is 0.305 e. The van der Waals surface area contributed by atoms with Crippen molar-refractivity contribution < 1.29 is 14.3 Å². The van der Waals surface area contributed by atoms with Gasteiger partial charge in [-0.05, 0) is 19.3 Å². The van der Waals surface area contributed by atoms with Crippen LogP contribution in [0.2, 0.25) is 0 Å². The monoisotopic (exact) mass is 368 g/mol. The summed E-state index contributed by atoms with van der Waals surface area (Å²) in [6.45, 7) is 2.28. The molecule has 0 spiro atoms. The fourth-order valence-corrected chi connectivity index (χ4v) is 3.77. The third kappa shape index (κ3) is 13.6. The Balaban J connectivity index is 1.72. The highest BCUT2D eigenvalue weighted by Gasteiger charge is 2.36. The number of hydrogen-bond donors (Lipinski definition) is 0. The number of carbonyl (C=O) groups excluding carboxylic acids is 1. The number of rotatable bonds is 19. The molecular formula is C23H44O3. The van der Waals surface area contributed by atoms with Crippen molar-refractivity contribution in [1.29, 1.82) is 0 Å². The lowest BCUT2D eigenvalue weighted by atomic mass is 10.0. The van der Waals surface area contributed by atoms with Crippen molar-refractivity contribution in [2.24, 2.45) is 0 Å². The number of esters is 1. The lowest BCUT2D eigenvalue weighted by molar-refractivity contribution is -0.140. The molecule has 1 heterocycles. The Hall–Kier alpha value is -0.570. The number of epoxide rings is 1. The van der Waals surface area contributed by atoms with Crippen LogP contribution in [0.5, 0.6) is 0 Å². The van der Waals surface area contributed by atoms with Crippen LogP contribution in [0.3, 0.4) is 0 Å². The Morgan fingerprint density at radius 1 is 0.692 bits per heavy atom. The van der Waals surface area contributed by atoms with Gasteiger partial charge in [0.2, 0.25) is 0 Å². The number of hydrogen-bond acceptors (Lipinski definition) is 3. The van der Waals surface area contributed by atoms with Crippen LogP contribution in [0, 0.1) is 0 Å². The second kappa shape index (κ2) is 16.6. The lowest BCUT2D eigenvalue weighted by Crippen LogP contribution is -1.99. The van der Waals surface area contributed by atoms with Gasteiger partial charge in [0.05, 0.1) is 19.3 Å². The Morgan fingerprint density at radius 3 is 1.58 bits per heavy atom. The van der Waals surface area contributed by atoms with Crippen LogP contribution in [0.1, 0.15) is 122 Å². The van der Waals surface area contributed by atoms with Crippen molar-refractivity contribution in [3.05, 3.63) is 0 Å². The fraction of sp³-hybridized carbons (Fsp3) is 0.957. The molecule has 0 aromatic carbocycles. The molecule has 1 aliphatic rings. The molecule has 1 rings (SSSR count). The third-order valence-electron chi connectivity index (χ3n) is 5.63. The molecule has 0 bridgehead atoms. The van der Waals surface area contributed by atoms with Gasteiger partial charge in [0.15, 0.2) is 0 Å².